The molecular weight excluding hydrogens is 1660 g/mol. The van der Waals surface area contributed by atoms with E-state index < -0.39 is 53.7 Å². The average Bonchev–Trinajstić information content (AvgIpc) is 1.16. The number of carboxylic acids is 9. The van der Waals surface area contributed by atoms with Gasteiger partial charge in [0.1, 0.15) is 0 Å². The molecule has 0 aromatic carbocycles. The van der Waals surface area contributed by atoms with E-state index in [-0.39, 0.29) is 0 Å². The van der Waals surface area contributed by atoms with E-state index in [1.807, 2.05) is 0 Å². The quantitative estimate of drug-likeness (QED) is 0.0255. The summed E-state index contributed by atoms with van der Waals surface area (Å²) in [4.78, 5) is 92.0. The molecule has 0 saturated carbocycles. The number of carboxylic acid groups (broad SMARTS) is 9. The van der Waals surface area contributed by atoms with Gasteiger partial charge in [-0.05, 0) is 57.8 Å². The highest BCUT2D eigenvalue weighted by atomic mass is 16.4. The summed E-state index contributed by atoms with van der Waals surface area (Å²) in [6.07, 6.45) is 112. The van der Waals surface area contributed by atoms with Crippen LogP contribution < -0.4 is 0 Å². The monoisotopic (exact) mass is 1890 g/mol. The zero-order valence-corrected chi connectivity index (χ0v) is 89.1. The van der Waals surface area contributed by atoms with Crippen LogP contribution in [0.25, 0.3) is 0 Å². The number of hydrogen-bond donors (Lipinski definition) is 9. The summed E-state index contributed by atoms with van der Waals surface area (Å²) in [6.45, 7) is 20.1. The zero-order chi connectivity index (χ0) is 100. The topological polar surface area (TPSA) is 336 Å². The minimum Gasteiger partial charge on any atom is -0.481 e. The molecular formula is C114H228O18. The Kier molecular flexibility index (Phi) is 156. The normalized spacial score (nSPS) is 10.4. The van der Waals surface area contributed by atoms with E-state index in [0.717, 1.165) is 116 Å². The molecule has 0 aliphatic heterocycles. The predicted octanol–water partition coefficient (Wildman–Crippen LogP) is 38.3. The third-order valence-electron chi connectivity index (χ3n) is 23.9. The number of hydrogen-bond acceptors (Lipinski definition) is 9. The van der Waals surface area contributed by atoms with Crippen molar-refractivity contribution in [2.45, 2.75) is 679 Å². The van der Waals surface area contributed by atoms with E-state index in [2.05, 4.69) is 62.3 Å². The van der Waals surface area contributed by atoms with Gasteiger partial charge in [0.15, 0.2) is 0 Å². The molecule has 0 bridgehead atoms. The number of unbranched alkanes of at least 4 members (excludes halogenated alkanes) is 78. The van der Waals surface area contributed by atoms with Crippen molar-refractivity contribution in [3.8, 4) is 0 Å². The highest BCUT2D eigenvalue weighted by Crippen LogP contribution is 2.20. The Bertz CT molecular complexity index is 1820. The molecule has 0 unspecified atom stereocenters. The fourth-order valence-corrected chi connectivity index (χ4v) is 15.3. The van der Waals surface area contributed by atoms with E-state index >= 15 is 0 Å². The van der Waals surface area contributed by atoms with Crippen LogP contribution in [0.5, 0.6) is 0 Å². The fourth-order valence-electron chi connectivity index (χ4n) is 15.3. The second-order valence-corrected chi connectivity index (χ2v) is 37.9. The molecule has 9 N–H and O–H groups in total. The lowest BCUT2D eigenvalue weighted by Gasteiger charge is -2.03. The smallest absolute Gasteiger partial charge is 0.303 e. The Hall–Kier alpha value is -4.77. The van der Waals surface area contributed by atoms with Crippen molar-refractivity contribution in [1.29, 1.82) is 0 Å². The van der Waals surface area contributed by atoms with Crippen LogP contribution in [-0.4, -0.2) is 99.7 Å². The lowest BCUT2D eigenvalue weighted by molar-refractivity contribution is -0.138. The third-order valence-corrected chi connectivity index (χ3v) is 23.9. The summed E-state index contributed by atoms with van der Waals surface area (Å²) < 4.78 is 0. The van der Waals surface area contributed by atoms with Gasteiger partial charge in [0.25, 0.3) is 0 Å². The first-order chi connectivity index (χ1) is 63.9. The Labute approximate surface area is 817 Å². The minimum absolute atomic E-state index is 0.343. The zero-order valence-electron chi connectivity index (χ0n) is 89.1. The third kappa shape index (κ3) is 192. The summed E-state index contributed by atoms with van der Waals surface area (Å²) in [7, 11) is 0. The maximum Gasteiger partial charge on any atom is 0.303 e. The number of carbonyl (C=O) groups is 9. The van der Waals surface area contributed by atoms with Crippen molar-refractivity contribution in [3.63, 3.8) is 0 Å². The predicted molar refractivity (Wildman–Crippen MR) is 563 cm³/mol. The molecule has 0 atom stereocenters. The summed E-state index contributed by atoms with van der Waals surface area (Å²) in [5.41, 5.74) is 0. The van der Waals surface area contributed by atoms with E-state index in [4.69, 9.17) is 46.0 Å². The second-order valence-electron chi connectivity index (χ2n) is 37.9. The average molecular weight is 1890 g/mol. The molecule has 0 aliphatic carbocycles. The minimum atomic E-state index is -0.659. The van der Waals surface area contributed by atoms with Gasteiger partial charge in [-0.3, -0.25) is 43.2 Å². The molecule has 0 aromatic rings. The van der Waals surface area contributed by atoms with E-state index in [1.54, 1.807) is 0 Å². The van der Waals surface area contributed by atoms with Crippen molar-refractivity contribution >= 4 is 53.7 Å². The van der Waals surface area contributed by atoms with Gasteiger partial charge in [0.2, 0.25) is 0 Å². The molecule has 0 heterocycles. The Morgan fingerprint density at radius 2 is 0.136 bits per heavy atom. The number of aliphatic carboxylic acids is 9. The standard InChI is InChI=1S/C18H36O2.8C12H24O2/c1-2-3-4-5-6-7-8-9-10-11-12-13-14-15-16-17-18(19)20;8*1-2-3-4-5-6-7-8-9-10-11-12(13)14/h2-17H2,1H3,(H,19,20);8*2-11H2,1H3,(H,13,14). The first-order valence-corrected chi connectivity index (χ1v) is 56.9. The van der Waals surface area contributed by atoms with Gasteiger partial charge in [-0.2, -0.15) is 0 Å². The van der Waals surface area contributed by atoms with Gasteiger partial charge in [0.05, 0.1) is 0 Å². The molecule has 0 saturated heterocycles. The van der Waals surface area contributed by atoms with Crippen LogP contribution in [0.1, 0.15) is 679 Å². The van der Waals surface area contributed by atoms with Gasteiger partial charge in [-0.15, -0.1) is 0 Å². The van der Waals surface area contributed by atoms with Crippen molar-refractivity contribution in [2.24, 2.45) is 0 Å². The van der Waals surface area contributed by atoms with Crippen LogP contribution in [-0.2, 0) is 43.2 Å². The molecule has 0 rings (SSSR count). The van der Waals surface area contributed by atoms with E-state index in [0.29, 0.717) is 57.8 Å². The molecule has 792 valence electrons. The number of rotatable bonds is 96. The maximum atomic E-state index is 10.3. The molecule has 18 nitrogen and oxygen atoms in total. The molecule has 132 heavy (non-hydrogen) atoms. The maximum absolute atomic E-state index is 10.3. The van der Waals surface area contributed by atoms with Crippen molar-refractivity contribution in [1.82, 2.24) is 0 Å². The molecule has 18 heteroatoms. The van der Waals surface area contributed by atoms with E-state index in [9.17, 15) is 43.2 Å². The second kappa shape index (κ2) is 142. The van der Waals surface area contributed by atoms with Crippen LogP contribution in [0.2, 0.25) is 0 Å². The highest BCUT2D eigenvalue weighted by molar-refractivity contribution is 5.69. The first kappa shape index (κ1) is 145. The van der Waals surface area contributed by atoms with Gasteiger partial charge in [-0.1, -0.05) is 563 Å². The van der Waals surface area contributed by atoms with Crippen molar-refractivity contribution in [2.75, 3.05) is 0 Å². The van der Waals surface area contributed by atoms with Gasteiger partial charge in [-0.25, -0.2) is 0 Å². The van der Waals surface area contributed by atoms with Crippen LogP contribution >= 0.6 is 0 Å². The van der Waals surface area contributed by atoms with Crippen molar-refractivity contribution in [3.05, 3.63) is 0 Å². The van der Waals surface area contributed by atoms with Crippen LogP contribution in [0.4, 0.5) is 0 Å². The van der Waals surface area contributed by atoms with Crippen molar-refractivity contribution < 1.29 is 89.1 Å². The Morgan fingerprint density at radius 3 is 0.182 bits per heavy atom. The van der Waals surface area contributed by atoms with Gasteiger partial charge < -0.3 is 46.0 Å². The lowest BCUT2D eigenvalue weighted by Crippen LogP contribution is -1.93. The molecule has 0 fully saturated rings. The first-order valence-electron chi connectivity index (χ1n) is 56.9. The van der Waals surface area contributed by atoms with Crippen LogP contribution in [0.15, 0.2) is 0 Å². The Morgan fingerprint density at radius 1 is 0.0909 bits per heavy atom. The SMILES string of the molecule is CCCCCCCCCCCC(=O)O.CCCCCCCCCCCC(=O)O.CCCCCCCCCCCC(=O)O.CCCCCCCCCCCC(=O)O.CCCCCCCCCCCC(=O)O.CCCCCCCCCCCC(=O)O.CCCCCCCCCCCC(=O)O.CCCCCCCCCCCC(=O)O.CCCCCCCCCCCCCCCCCC(=O)O. The largest absolute Gasteiger partial charge is 0.481 e. The molecule has 0 aromatic heterocycles. The van der Waals surface area contributed by atoms with Gasteiger partial charge in [0, 0.05) is 57.8 Å². The molecule has 0 radical (unpaired) electrons. The van der Waals surface area contributed by atoms with Gasteiger partial charge >= 0.3 is 53.7 Å². The summed E-state index contributed by atoms with van der Waals surface area (Å²) in [5, 5.41) is 75.8. The molecule has 0 aliphatic rings. The Balaban J connectivity index is -0.000000185. The summed E-state index contributed by atoms with van der Waals surface area (Å²) in [6, 6.07) is 0. The summed E-state index contributed by atoms with van der Waals surface area (Å²) >= 11 is 0. The molecule has 0 spiro atoms. The lowest BCUT2D eigenvalue weighted by atomic mass is 10.0. The van der Waals surface area contributed by atoms with Crippen LogP contribution in [0.3, 0.4) is 0 Å². The highest BCUT2D eigenvalue weighted by Gasteiger charge is 2.06. The summed E-state index contributed by atoms with van der Waals surface area (Å²) in [5.74, 6) is -5.93. The van der Waals surface area contributed by atoms with E-state index in [1.165, 1.54) is 443 Å². The van der Waals surface area contributed by atoms with Crippen LogP contribution in [0, 0.1) is 0 Å². The fraction of sp³-hybridized carbons (Fsp3) is 0.921. The molecule has 0 amide bonds.